The lowest BCUT2D eigenvalue weighted by Crippen LogP contribution is -2.41. The van der Waals surface area contributed by atoms with Crippen LogP contribution in [0.3, 0.4) is 0 Å². The number of piperidine rings is 1. The van der Waals surface area contributed by atoms with Gasteiger partial charge in [0, 0.05) is 31.5 Å². The Kier molecular flexibility index (Phi) is 5.11. The van der Waals surface area contributed by atoms with Gasteiger partial charge in [-0.2, -0.15) is 0 Å². The molecule has 9 heteroatoms. The maximum absolute atomic E-state index is 12.2. The van der Waals surface area contributed by atoms with E-state index in [1.807, 2.05) is 4.90 Å². The number of benzene rings is 1. The molecule has 0 bridgehead atoms. The third-order valence-corrected chi connectivity index (χ3v) is 6.83. The Bertz CT molecular complexity index is 843. The summed E-state index contributed by atoms with van der Waals surface area (Å²) in [5.41, 5.74) is 0.539. The number of nitrogens with zero attached hydrogens (tertiary/aromatic N) is 1. The SMILES string of the molecule is CS(=O)(=O)c1ccc(N2CCC[C@H](C3OCCO3)C2)c(S(C)(=O)=O)c1. The van der Waals surface area contributed by atoms with E-state index in [9.17, 15) is 16.8 Å². The maximum atomic E-state index is 12.2. The molecule has 140 valence electrons. The number of ether oxygens (including phenoxy) is 2. The summed E-state index contributed by atoms with van der Waals surface area (Å²) < 4.78 is 59.2. The molecule has 2 fully saturated rings. The van der Waals surface area contributed by atoms with Gasteiger partial charge in [-0.1, -0.05) is 0 Å². The minimum atomic E-state index is -3.57. The summed E-state index contributed by atoms with van der Waals surface area (Å²) in [6.07, 6.45) is 3.77. The zero-order chi connectivity index (χ0) is 18.2. The summed E-state index contributed by atoms with van der Waals surface area (Å²) in [5, 5.41) is 0. The molecule has 0 aromatic heterocycles. The van der Waals surface area contributed by atoms with Crippen LogP contribution in [0, 0.1) is 5.92 Å². The molecule has 1 aromatic carbocycles. The molecular formula is C16H23NO6S2. The Morgan fingerprint density at radius 3 is 2.32 bits per heavy atom. The minimum absolute atomic E-state index is 0.00712. The lowest BCUT2D eigenvalue weighted by atomic mass is 9.97. The molecule has 0 N–H and O–H groups in total. The highest BCUT2D eigenvalue weighted by molar-refractivity contribution is 7.91. The number of rotatable bonds is 4. The fourth-order valence-corrected chi connectivity index (χ4v) is 5.02. The zero-order valence-corrected chi connectivity index (χ0v) is 16.0. The van der Waals surface area contributed by atoms with Crippen molar-refractivity contribution in [2.75, 3.05) is 43.7 Å². The van der Waals surface area contributed by atoms with Crippen molar-refractivity contribution in [3.05, 3.63) is 18.2 Å². The fourth-order valence-electron chi connectivity index (χ4n) is 3.38. The van der Waals surface area contributed by atoms with E-state index in [0.717, 1.165) is 25.4 Å². The number of hydrogen-bond donors (Lipinski definition) is 0. The minimum Gasteiger partial charge on any atom is -0.370 e. The van der Waals surface area contributed by atoms with Crippen LogP contribution < -0.4 is 4.90 Å². The van der Waals surface area contributed by atoms with Crippen LogP contribution in [0.25, 0.3) is 0 Å². The van der Waals surface area contributed by atoms with Gasteiger partial charge in [0.05, 0.1) is 28.7 Å². The van der Waals surface area contributed by atoms with Gasteiger partial charge in [0.1, 0.15) is 0 Å². The van der Waals surface area contributed by atoms with Crippen molar-refractivity contribution in [1.29, 1.82) is 0 Å². The van der Waals surface area contributed by atoms with Crippen LogP contribution in [0.5, 0.6) is 0 Å². The highest BCUT2D eigenvalue weighted by Crippen LogP contribution is 2.33. The van der Waals surface area contributed by atoms with E-state index in [0.29, 0.717) is 32.0 Å². The number of anilines is 1. The highest BCUT2D eigenvalue weighted by atomic mass is 32.2. The quantitative estimate of drug-likeness (QED) is 0.761. The van der Waals surface area contributed by atoms with Crippen molar-refractivity contribution >= 4 is 25.4 Å². The monoisotopic (exact) mass is 389 g/mol. The first-order chi connectivity index (χ1) is 11.7. The van der Waals surface area contributed by atoms with E-state index in [4.69, 9.17) is 9.47 Å². The van der Waals surface area contributed by atoms with Crippen LogP contribution in [0.15, 0.2) is 28.0 Å². The second-order valence-corrected chi connectivity index (χ2v) is 10.6. The van der Waals surface area contributed by atoms with E-state index in [1.165, 1.54) is 12.1 Å². The second-order valence-electron chi connectivity index (χ2n) is 6.63. The van der Waals surface area contributed by atoms with Gasteiger partial charge in [-0.25, -0.2) is 16.8 Å². The third kappa shape index (κ3) is 4.16. The van der Waals surface area contributed by atoms with E-state index < -0.39 is 19.7 Å². The Morgan fingerprint density at radius 2 is 1.72 bits per heavy atom. The summed E-state index contributed by atoms with van der Waals surface area (Å²) in [6.45, 7) is 2.49. The Labute approximate surface area is 148 Å². The average Bonchev–Trinajstić information content (AvgIpc) is 3.07. The van der Waals surface area contributed by atoms with Gasteiger partial charge in [0.15, 0.2) is 26.0 Å². The molecule has 1 aromatic rings. The molecule has 0 saturated carbocycles. The van der Waals surface area contributed by atoms with Crippen molar-refractivity contribution in [3.8, 4) is 0 Å². The predicted octanol–water partition coefficient (Wildman–Crippen LogP) is 1.08. The van der Waals surface area contributed by atoms with Gasteiger partial charge in [0.25, 0.3) is 0 Å². The highest BCUT2D eigenvalue weighted by Gasteiger charge is 2.32. The van der Waals surface area contributed by atoms with Crippen molar-refractivity contribution < 1.29 is 26.3 Å². The molecule has 0 radical (unpaired) electrons. The molecule has 0 amide bonds. The summed E-state index contributed by atoms with van der Waals surface area (Å²) in [5.74, 6) is 0.165. The summed E-state index contributed by atoms with van der Waals surface area (Å²) in [4.78, 5) is 2.04. The van der Waals surface area contributed by atoms with Gasteiger partial charge in [-0.05, 0) is 31.0 Å². The van der Waals surface area contributed by atoms with Crippen molar-refractivity contribution in [2.24, 2.45) is 5.92 Å². The first-order valence-electron chi connectivity index (χ1n) is 8.18. The smallest absolute Gasteiger partial charge is 0.177 e. The molecule has 2 heterocycles. The molecular weight excluding hydrogens is 366 g/mol. The lowest BCUT2D eigenvalue weighted by molar-refractivity contribution is -0.0858. The van der Waals surface area contributed by atoms with Gasteiger partial charge >= 0.3 is 0 Å². The van der Waals surface area contributed by atoms with Crippen molar-refractivity contribution in [1.82, 2.24) is 0 Å². The molecule has 0 unspecified atom stereocenters. The summed E-state index contributed by atoms with van der Waals surface area (Å²) in [7, 11) is -7.05. The normalized spacial score (nSPS) is 23.1. The molecule has 2 saturated heterocycles. The van der Waals surface area contributed by atoms with E-state index >= 15 is 0 Å². The predicted molar refractivity (Wildman–Crippen MR) is 93.3 cm³/mol. The lowest BCUT2D eigenvalue weighted by Gasteiger charge is -2.37. The van der Waals surface area contributed by atoms with E-state index in [-0.39, 0.29) is 22.0 Å². The number of sulfone groups is 2. The molecule has 3 rings (SSSR count). The van der Waals surface area contributed by atoms with Crippen LogP contribution in [0.1, 0.15) is 12.8 Å². The molecule has 2 aliphatic rings. The first-order valence-corrected chi connectivity index (χ1v) is 12.0. The molecule has 7 nitrogen and oxygen atoms in total. The molecule has 0 spiro atoms. The molecule has 25 heavy (non-hydrogen) atoms. The zero-order valence-electron chi connectivity index (χ0n) is 14.3. The second kappa shape index (κ2) is 6.86. The first kappa shape index (κ1) is 18.6. The van der Waals surface area contributed by atoms with Crippen molar-refractivity contribution in [3.63, 3.8) is 0 Å². The van der Waals surface area contributed by atoms with Crippen LogP contribution in [-0.4, -0.2) is 61.9 Å². The van der Waals surface area contributed by atoms with Gasteiger partial charge in [0.2, 0.25) is 0 Å². The molecule has 0 aliphatic carbocycles. The van der Waals surface area contributed by atoms with Gasteiger partial charge in [-0.15, -0.1) is 0 Å². The van der Waals surface area contributed by atoms with E-state index in [1.54, 1.807) is 6.07 Å². The number of hydrogen-bond acceptors (Lipinski definition) is 7. The van der Waals surface area contributed by atoms with Crippen LogP contribution in [0.4, 0.5) is 5.69 Å². The van der Waals surface area contributed by atoms with Crippen LogP contribution in [-0.2, 0) is 29.1 Å². The Hall–Kier alpha value is -1.16. The Morgan fingerprint density at radius 1 is 1.04 bits per heavy atom. The standard InChI is InChI=1S/C16H23NO6S2/c1-24(18,19)13-5-6-14(15(10-13)25(2,20)21)17-7-3-4-12(11-17)16-22-8-9-23-16/h5-6,10,12,16H,3-4,7-9,11H2,1-2H3/t12-/m0/s1. The van der Waals surface area contributed by atoms with Gasteiger partial charge in [-0.3, -0.25) is 0 Å². The summed E-state index contributed by atoms with van der Waals surface area (Å²) >= 11 is 0. The summed E-state index contributed by atoms with van der Waals surface area (Å²) in [6, 6.07) is 4.31. The van der Waals surface area contributed by atoms with Crippen LogP contribution >= 0.6 is 0 Å². The van der Waals surface area contributed by atoms with Crippen LogP contribution in [0.2, 0.25) is 0 Å². The maximum Gasteiger partial charge on any atom is 0.177 e. The van der Waals surface area contributed by atoms with E-state index in [2.05, 4.69) is 0 Å². The largest absolute Gasteiger partial charge is 0.370 e. The van der Waals surface area contributed by atoms with Gasteiger partial charge < -0.3 is 14.4 Å². The third-order valence-electron chi connectivity index (χ3n) is 4.59. The Balaban J connectivity index is 1.95. The van der Waals surface area contributed by atoms with Crippen molar-refractivity contribution in [2.45, 2.75) is 28.9 Å². The molecule has 1 atom stereocenters. The topological polar surface area (TPSA) is 90.0 Å². The fraction of sp³-hybridized carbons (Fsp3) is 0.625. The molecule has 2 aliphatic heterocycles. The average molecular weight is 389 g/mol.